The molecule has 1 aliphatic heterocycles. The summed E-state index contributed by atoms with van der Waals surface area (Å²) in [7, 11) is 0. The Morgan fingerprint density at radius 1 is 1.06 bits per heavy atom. The van der Waals surface area contributed by atoms with Gasteiger partial charge in [-0.3, -0.25) is 9.59 Å². The standard InChI is InChI=1S/C31H54ClN7O8/c1-31(2,3)47-30(42)36-26(10-8-17-38-19-14-34-29(38)39(43)44)28(41)35-25-12-18-37(24-25)16-9-11-27(40)33-15-21-46-23-22-45-20-7-5-4-6-13-32/h14,19,25-26H,4-13,15-18,20-24H2,1-3H3,(H,33,40)(H,35,41)(H,36,42)/t25-,26+/m1/s1. The number of carbonyl (C=O) groups excluding carboxylic acids is 3. The molecule has 0 saturated carbocycles. The number of alkyl carbamates (subject to hydrolysis) is 1. The van der Waals surface area contributed by atoms with E-state index < -0.39 is 22.7 Å². The fourth-order valence-electron chi connectivity index (χ4n) is 5.08. The van der Waals surface area contributed by atoms with Crippen LogP contribution in [0.25, 0.3) is 0 Å². The van der Waals surface area contributed by atoms with Gasteiger partial charge in [-0.05, 0) is 70.8 Å². The van der Waals surface area contributed by atoms with E-state index in [0.717, 1.165) is 51.8 Å². The van der Waals surface area contributed by atoms with Crippen LogP contribution < -0.4 is 16.0 Å². The number of nitro groups is 1. The number of hydrogen-bond donors (Lipinski definition) is 3. The van der Waals surface area contributed by atoms with Gasteiger partial charge >= 0.3 is 12.0 Å². The van der Waals surface area contributed by atoms with E-state index in [-0.39, 0.29) is 36.8 Å². The molecule has 47 heavy (non-hydrogen) atoms. The van der Waals surface area contributed by atoms with Gasteiger partial charge in [0.2, 0.25) is 11.8 Å². The van der Waals surface area contributed by atoms with Crippen molar-refractivity contribution < 1.29 is 33.5 Å². The Morgan fingerprint density at radius 2 is 1.81 bits per heavy atom. The predicted molar refractivity (Wildman–Crippen MR) is 177 cm³/mol. The molecule has 0 unspecified atom stereocenters. The number of ether oxygens (including phenoxy) is 3. The van der Waals surface area contributed by atoms with E-state index >= 15 is 0 Å². The normalized spacial score (nSPS) is 15.7. The molecule has 0 bridgehead atoms. The number of aromatic nitrogens is 2. The Labute approximate surface area is 282 Å². The lowest BCUT2D eigenvalue weighted by Crippen LogP contribution is -2.51. The van der Waals surface area contributed by atoms with Crippen LogP contribution in [0.2, 0.25) is 0 Å². The zero-order chi connectivity index (χ0) is 34.5. The lowest BCUT2D eigenvalue weighted by molar-refractivity contribution is -0.396. The first-order valence-corrected chi connectivity index (χ1v) is 17.2. The molecule has 1 aromatic rings. The highest BCUT2D eigenvalue weighted by Gasteiger charge is 2.29. The number of unbranched alkanes of at least 4 members (excludes halogenated alkanes) is 3. The number of halogens is 1. The first-order valence-electron chi connectivity index (χ1n) is 16.6. The van der Waals surface area contributed by atoms with Crippen molar-refractivity contribution in [1.29, 1.82) is 0 Å². The highest BCUT2D eigenvalue weighted by molar-refractivity contribution is 6.17. The maximum atomic E-state index is 13.2. The maximum Gasteiger partial charge on any atom is 0.434 e. The Kier molecular flexibility index (Phi) is 19.3. The summed E-state index contributed by atoms with van der Waals surface area (Å²) in [6.45, 7) is 10.3. The number of imidazole rings is 1. The van der Waals surface area contributed by atoms with E-state index in [2.05, 4.69) is 25.8 Å². The molecule has 1 aliphatic rings. The smallest absolute Gasteiger partial charge is 0.434 e. The molecular weight excluding hydrogens is 634 g/mol. The molecule has 15 nitrogen and oxygen atoms in total. The molecule has 16 heteroatoms. The Hall–Kier alpha value is -3.01. The van der Waals surface area contributed by atoms with E-state index in [1.54, 1.807) is 20.8 Å². The number of carbonyl (C=O) groups is 3. The quantitative estimate of drug-likeness (QED) is 0.0631. The minimum atomic E-state index is -0.877. The summed E-state index contributed by atoms with van der Waals surface area (Å²) in [6, 6.07) is -0.982. The number of rotatable bonds is 24. The van der Waals surface area contributed by atoms with Gasteiger partial charge in [-0.15, -0.1) is 11.6 Å². The number of amides is 3. The molecular formula is C31H54ClN7O8. The number of hydrogen-bond acceptors (Lipinski definition) is 10. The monoisotopic (exact) mass is 687 g/mol. The van der Waals surface area contributed by atoms with Crippen molar-refractivity contribution in [3.8, 4) is 0 Å². The minimum absolute atomic E-state index is 0.0251. The molecule has 0 spiro atoms. The summed E-state index contributed by atoms with van der Waals surface area (Å²) in [5, 5.41) is 19.7. The highest BCUT2D eigenvalue weighted by atomic mass is 35.5. The molecule has 2 heterocycles. The third-order valence-electron chi connectivity index (χ3n) is 7.37. The molecule has 2 atom stereocenters. The molecule has 0 radical (unpaired) electrons. The average Bonchev–Trinajstić information content (AvgIpc) is 3.66. The predicted octanol–water partition coefficient (Wildman–Crippen LogP) is 3.38. The zero-order valence-corrected chi connectivity index (χ0v) is 28.9. The minimum Gasteiger partial charge on any atom is -0.444 e. The first kappa shape index (κ1) is 40.2. The fraction of sp³-hybridized carbons (Fsp3) is 0.806. The van der Waals surface area contributed by atoms with E-state index in [0.29, 0.717) is 58.1 Å². The molecule has 3 N–H and O–H groups in total. The summed E-state index contributed by atoms with van der Waals surface area (Å²) in [6.07, 6.45) is 8.94. The topological polar surface area (TPSA) is 179 Å². The van der Waals surface area contributed by atoms with Gasteiger partial charge in [0.05, 0.1) is 26.4 Å². The van der Waals surface area contributed by atoms with Crippen LogP contribution in [0.15, 0.2) is 12.4 Å². The summed E-state index contributed by atoms with van der Waals surface area (Å²) < 4.78 is 17.8. The van der Waals surface area contributed by atoms with Gasteiger partial charge in [0.25, 0.3) is 0 Å². The van der Waals surface area contributed by atoms with Crippen LogP contribution in [0, 0.1) is 10.1 Å². The van der Waals surface area contributed by atoms with Crippen molar-refractivity contribution in [3.05, 3.63) is 22.5 Å². The Morgan fingerprint density at radius 3 is 2.53 bits per heavy atom. The van der Waals surface area contributed by atoms with E-state index in [1.807, 2.05) is 0 Å². The van der Waals surface area contributed by atoms with Gasteiger partial charge in [0, 0.05) is 44.6 Å². The summed E-state index contributed by atoms with van der Waals surface area (Å²) in [5.41, 5.74) is -0.738. The average molecular weight is 688 g/mol. The van der Waals surface area contributed by atoms with Crippen molar-refractivity contribution in [1.82, 2.24) is 30.4 Å². The third kappa shape index (κ3) is 18.2. The second-order valence-electron chi connectivity index (χ2n) is 12.6. The summed E-state index contributed by atoms with van der Waals surface area (Å²) >= 11 is 5.66. The second kappa shape index (κ2) is 22.5. The van der Waals surface area contributed by atoms with Crippen LogP contribution in [0.4, 0.5) is 10.7 Å². The molecule has 1 saturated heterocycles. The lowest BCUT2D eigenvalue weighted by Gasteiger charge is -2.24. The van der Waals surface area contributed by atoms with Crippen LogP contribution >= 0.6 is 11.6 Å². The molecule has 0 aromatic carbocycles. The molecule has 2 rings (SSSR count). The van der Waals surface area contributed by atoms with Gasteiger partial charge < -0.3 is 45.2 Å². The van der Waals surface area contributed by atoms with Crippen LogP contribution in [0.1, 0.15) is 78.6 Å². The highest BCUT2D eigenvalue weighted by Crippen LogP contribution is 2.14. The number of likely N-dealkylation sites (tertiary alicyclic amines) is 1. The number of aryl methyl sites for hydroxylation is 1. The van der Waals surface area contributed by atoms with Gasteiger partial charge in [0.15, 0.2) is 0 Å². The second-order valence-corrected chi connectivity index (χ2v) is 13.0. The molecule has 268 valence electrons. The number of nitrogens with one attached hydrogen (secondary N) is 3. The Balaban J connectivity index is 1.64. The molecule has 3 amide bonds. The number of alkyl halides is 1. The van der Waals surface area contributed by atoms with Gasteiger partial charge in [-0.1, -0.05) is 17.8 Å². The Bertz CT molecular complexity index is 1080. The van der Waals surface area contributed by atoms with Crippen molar-refractivity contribution in [2.75, 3.05) is 58.5 Å². The van der Waals surface area contributed by atoms with Crippen molar-refractivity contribution in [3.63, 3.8) is 0 Å². The van der Waals surface area contributed by atoms with Crippen LogP contribution in [-0.2, 0) is 30.3 Å². The molecule has 1 fully saturated rings. The van der Waals surface area contributed by atoms with Crippen LogP contribution in [0.5, 0.6) is 0 Å². The zero-order valence-electron chi connectivity index (χ0n) is 28.2. The fourth-order valence-corrected chi connectivity index (χ4v) is 5.26. The van der Waals surface area contributed by atoms with E-state index in [1.165, 1.54) is 17.0 Å². The van der Waals surface area contributed by atoms with Gasteiger partial charge in [-0.2, -0.15) is 0 Å². The van der Waals surface area contributed by atoms with Crippen LogP contribution in [-0.4, -0.2) is 113 Å². The van der Waals surface area contributed by atoms with Gasteiger partial charge in [0.1, 0.15) is 24.0 Å². The largest absolute Gasteiger partial charge is 0.444 e. The maximum absolute atomic E-state index is 13.2. The van der Waals surface area contributed by atoms with Gasteiger partial charge in [-0.25, -0.2) is 9.36 Å². The van der Waals surface area contributed by atoms with E-state index in [9.17, 15) is 24.5 Å². The first-order chi connectivity index (χ1) is 22.5. The van der Waals surface area contributed by atoms with E-state index in [4.69, 9.17) is 25.8 Å². The SMILES string of the molecule is CC(C)(C)OC(=O)N[C@@H](CCCn1ccnc1[N+](=O)[O-])C(=O)N[C@@H]1CCN(CCCC(=O)NCCOCCOCCCCCCCl)C1. The lowest BCUT2D eigenvalue weighted by atomic mass is 10.1. The third-order valence-corrected chi connectivity index (χ3v) is 7.63. The molecule has 1 aromatic heterocycles. The van der Waals surface area contributed by atoms with Crippen LogP contribution in [0.3, 0.4) is 0 Å². The summed E-state index contributed by atoms with van der Waals surface area (Å²) in [4.78, 5) is 54.5. The van der Waals surface area contributed by atoms with Crippen molar-refractivity contribution in [2.24, 2.45) is 0 Å². The van der Waals surface area contributed by atoms with Crippen molar-refractivity contribution >= 4 is 35.5 Å². The summed E-state index contributed by atoms with van der Waals surface area (Å²) in [5.74, 6) is 0.0691. The molecule has 0 aliphatic carbocycles. The number of nitrogens with zero attached hydrogens (tertiary/aromatic N) is 4. The van der Waals surface area contributed by atoms with Crippen molar-refractivity contribution in [2.45, 2.75) is 103 Å².